The zero-order valence-electron chi connectivity index (χ0n) is 10.9. The van der Waals surface area contributed by atoms with Crippen LogP contribution in [-0.2, 0) is 0 Å². The van der Waals surface area contributed by atoms with Crippen molar-refractivity contribution >= 4 is 5.91 Å². The van der Waals surface area contributed by atoms with Crippen molar-refractivity contribution in [2.75, 3.05) is 13.2 Å². The van der Waals surface area contributed by atoms with Crippen LogP contribution in [0.4, 0.5) is 0 Å². The number of aromatic nitrogens is 2. The fourth-order valence-electron chi connectivity index (χ4n) is 2.65. The molecule has 1 atom stereocenters. The summed E-state index contributed by atoms with van der Waals surface area (Å²) < 4.78 is 0. The van der Waals surface area contributed by atoms with Gasteiger partial charge in [-0.3, -0.25) is 4.79 Å². The minimum absolute atomic E-state index is 0.0159. The van der Waals surface area contributed by atoms with Crippen LogP contribution in [0.25, 0.3) is 0 Å². The van der Waals surface area contributed by atoms with Crippen molar-refractivity contribution in [2.24, 2.45) is 0 Å². The minimum Gasteiger partial charge on any atom is -0.394 e. The van der Waals surface area contributed by atoms with Gasteiger partial charge in [-0.25, -0.2) is 9.97 Å². The molecule has 1 unspecified atom stereocenters. The summed E-state index contributed by atoms with van der Waals surface area (Å²) in [5.41, 5.74) is 0.815. The van der Waals surface area contributed by atoms with E-state index in [0.717, 1.165) is 19.3 Å². The number of carbonyl (C=O) groups excluding carboxylic acids is 1. The molecule has 5 heteroatoms. The highest BCUT2D eigenvalue weighted by molar-refractivity contribution is 5.95. The molecule has 1 aliphatic rings. The summed E-state index contributed by atoms with van der Waals surface area (Å²) in [6.45, 7) is 4.53. The van der Waals surface area contributed by atoms with Crippen LogP contribution in [0.2, 0.25) is 0 Å². The van der Waals surface area contributed by atoms with Crippen molar-refractivity contribution in [1.29, 1.82) is 0 Å². The molecule has 0 spiro atoms. The summed E-state index contributed by atoms with van der Waals surface area (Å²) >= 11 is 0. The standard InChI is InChI=1S/C13H19N3O2/c1-3-13(8-17)5-4-6-16(13)12(18)11-7-14-9-15-10(11)2/h7,9,17H,3-6,8H2,1-2H3. The fraction of sp³-hybridized carbons (Fsp3) is 0.615. The third-order valence-electron chi connectivity index (χ3n) is 3.94. The maximum Gasteiger partial charge on any atom is 0.257 e. The van der Waals surface area contributed by atoms with Crippen molar-refractivity contribution in [3.63, 3.8) is 0 Å². The van der Waals surface area contributed by atoms with Crippen LogP contribution < -0.4 is 0 Å². The van der Waals surface area contributed by atoms with Crippen LogP contribution in [-0.4, -0.2) is 44.6 Å². The number of aliphatic hydroxyl groups is 1. The lowest BCUT2D eigenvalue weighted by atomic mass is 9.93. The molecule has 1 aromatic heterocycles. The van der Waals surface area contributed by atoms with Gasteiger partial charge in [-0.2, -0.15) is 0 Å². The molecule has 1 fully saturated rings. The quantitative estimate of drug-likeness (QED) is 0.873. The Balaban J connectivity index is 2.32. The first kappa shape index (κ1) is 13.0. The van der Waals surface area contributed by atoms with Crippen LogP contribution in [0, 0.1) is 6.92 Å². The number of nitrogens with zero attached hydrogens (tertiary/aromatic N) is 3. The van der Waals surface area contributed by atoms with E-state index in [-0.39, 0.29) is 12.5 Å². The summed E-state index contributed by atoms with van der Waals surface area (Å²) in [5, 5.41) is 9.63. The molecular weight excluding hydrogens is 230 g/mol. The Morgan fingerprint density at radius 1 is 1.61 bits per heavy atom. The maximum atomic E-state index is 12.5. The lowest BCUT2D eigenvalue weighted by molar-refractivity contribution is 0.0396. The van der Waals surface area contributed by atoms with Crippen molar-refractivity contribution in [1.82, 2.24) is 14.9 Å². The normalized spacial score (nSPS) is 23.4. The van der Waals surface area contributed by atoms with E-state index in [1.807, 2.05) is 6.92 Å². The predicted molar refractivity (Wildman–Crippen MR) is 67.1 cm³/mol. The van der Waals surface area contributed by atoms with E-state index in [1.165, 1.54) is 6.33 Å². The molecule has 18 heavy (non-hydrogen) atoms. The van der Waals surface area contributed by atoms with Crippen molar-refractivity contribution in [2.45, 2.75) is 38.6 Å². The Bertz CT molecular complexity index is 444. The van der Waals surface area contributed by atoms with Gasteiger partial charge in [0.15, 0.2) is 0 Å². The molecule has 5 nitrogen and oxygen atoms in total. The number of rotatable bonds is 3. The van der Waals surface area contributed by atoms with Crippen molar-refractivity contribution < 1.29 is 9.90 Å². The van der Waals surface area contributed by atoms with E-state index in [4.69, 9.17) is 0 Å². The van der Waals surface area contributed by atoms with E-state index in [0.29, 0.717) is 17.8 Å². The molecule has 1 saturated heterocycles. The summed E-state index contributed by atoms with van der Waals surface area (Å²) in [6.07, 6.45) is 5.56. The average Bonchev–Trinajstić information content (AvgIpc) is 2.83. The van der Waals surface area contributed by atoms with E-state index in [2.05, 4.69) is 9.97 Å². The first-order chi connectivity index (χ1) is 8.64. The van der Waals surface area contributed by atoms with Crippen LogP contribution in [0.3, 0.4) is 0 Å². The van der Waals surface area contributed by atoms with Gasteiger partial charge in [0.05, 0.1) is 23.4 Å². The molecule has 0 saturated carbocycles. The number of carbonyl (C=O) groups is 1. The number of aliphatic hydroxyl groups excluding tert-OH is 1. The van der Waals surface area contributed by atoms with Crippen LogP contribution in [0.15, 0.2) is 12.5 Å². The molecular formula is C13H19N3O2. The van der Waals surface area contributed by atoms with Crippen LogP contribution >= 0.6 is 0 Å². The number of amides is 1. The summed E-state index contributed by atoms with van der Waals surface area (Å²) in [7, 11) is 0. The fourth-order valence-corrected chi connectivity index (χ4v) is 2.65. The van der Waals surface area contributed by atoms with Gasteiger partial charge in [0.25, 0.3) is 5.91 Å². The smallest absolute Gasteiger partial charge is 0.257 e. The molecule has 0 radical (unpaired) electrons. The highest BCUT2D eigenvalue weighted by Crippen LogP contribution is 2.33. The second-order valence-electron chi connectivity index (χ2n) is 4.82. The number of hydrogen-bond donors (Lipinski definition) is 1. The third-order valence-corrected chi connectivity index (χ3v) is 3.94. The minimum atomic E-state index is -0.403. The second-order valence-corrected chi connectivity index (χ2v) is 4.82. The molecule has 1 amide bonds. The van der Waals surface area contributed by atoms with E-state index < -0.39 is 5.54 Å². The Morgan fingerprint density at radius 3 is 3.00 bits per heavy atom. The summed E-state index contributed by atoms with van der Waals surface area (Å²) in [6, 6.07) is 0. The van der Waals surface area contributed by atoms with E-state index >= 15 is 0 Å². The molecule has 1 aliphatic heterocycles. The number of likely N-dealkylation sites (tertiary alicyclic amines) is 1. The van der Waals surface area contributed by atoms with Crippen LogP contribution in [0.5, 0.6) is 0 Å². The Labute approximate surface area is 107 Å². The van der Waals surface area contributed by atoms with Gasteiger partial charge in [-0.15, -0.1) is 0 Å². The molecule has 0 bridgehead atoms. The zero-order valence-corrected chi connectivity index (χ0v) is 10.9. The Kier molecular flexibility index (Phi) is 3.61. The third kappa shape index (κ3) is 1.99. The molecule has 0 aromatic carbocycles. The van der Waals surface area contributed by atoms with Gasteiger partial charge >= 0.3 is 0 Å². The first-order valence-corrected chi connectivity index (χ1v) is 6.34. The topological polar surface area (TPSA) is 66.3 Å². The molecule has 0 aliphatic carbocycles. The van der Waals surface area contributed by atoms with Gasteiger partial charge in [-0.05, 0) is 26.2 Å². The van der Waals surface area contributed by atoms with Gasteiger partial charge < -0.3 is 10.0 Å². The second kappa shape index (κ2) is 5.02. The van der Waals surface area contributed by atoms with Gasteiger partial charge in [0.2, 0.25) is 0 Å². The molecule has 2 heterocycles. The van der Waals surface area contributed by atoms with E-state index in [1.54, 1.807) is 18.0 Å². The maximum absolute atomic E-state index is 12.5. The lowest BCUT2D eigenvalue weighted by Crippen LogP contribution is -2.49. The Morgan fingerprint density at radius 2 is 2.39 bits per heavy atom. The highest BCUT2D eigenvalue weighted by atomic mass is 16.3. The predicted octanol–water partition coefficient (Wildman–Crippen LogP) is 1.16. The summed E-state index contributed by atoms with van der Waals surface area (Å²) in [4.78, 5) is 22.3. The van der Waals surface area contributed by atoms with Gasteiger partial charge in [0, 0.05) is 12.7 Å². The van der Waals surface area contributed by atoms with Crippen molar-refractivity contribution in [3.8, 4) is 0 Å². The zero-order chi connectivity index (χ0) is 13.2. The highest BCUT2D eigenvalue weighted by Gasteiger charge is 2.42. The SMILES string of the molecule is CCC1(CO)CCCN1C(=O)c1cncnc1C. The van der Waals surface area contributed by atoms with Gasteiger partial charge in [-0.1, -0.05) is 6.92 Å². The average molecular weight is 249 g/mol. The number of hydrogen-bond acceptors (Lipinski definition) is 4. The van der Waals surface area contributed by atoms with E-state index in [9.17, 15) is 9.90 Å². The molecule has 98 valence electrons. The first-order valence-electron chi connectivity index (χ1n) is 6.34. The number of aryl methyl sites for hydroxylation is 1. The molecule has 1 N–H and O–H groups in total. The monoisotopic (exact) mass is 249 g/mol. The van der Waals surface area contributed by atoms with Crippen molar-refractivity contribution in [3.05, 3.63) is 23.8 Å². The molecule has 2 rings (SSSR count). The largest absolute Gasteiger partial charge is 0.394 e. The van der Waals surface area contributed by atoms with Gasteiger partial charge in [0.1, 0.15) is 6.33 Å². The Hall–Kier alpha value is -1.49. The molecule has 1 aromatic rings. The lowest BCUT2D eigenvalue weighted by Gasteiger charge is -2.36. The van der Waals surface area contributed by atoms with Crippen LogP contribution in [0.1, 0.15) is 42.2 Å². The summed E-state index contributed by atoms with van der Waals surface area (Å²) in [5.74, 6) is -0.0681.